The van der Waals surface area contributed by atoms with Crippen molar-refractivity contribution in [3.05, 3.63) is 45.7 Å². The number of rotatable bonds is 5. The Bertz CT molecular complexity index is 1210. The third-order valence-corrected chi connectivity index (χ3v) is 7.07. The molecule has 3 aliphatic carbocycles. The van der Waals surface area contributed by atoms with Crippen molar-refractivity contribution in [1.82, 2.24) is 0 Å². The molecule has 0 heterocycles. The number of carbonyl (C=O) groups is 4. The van der Waals surface area contributed by atoms with Crippen LogP contribution in [0.5, 0.6) is 5.75 Å². The number of aliphatic hydroxyl groups is 3. The van der Waals surface area contributed by atoms with Gasteiger partial charge in [-0.15, -0.1) is 0 Å². The summed E-state index contributed by atoms with van der Waals surface area (Å²) in [5, 5.41) is 43.4. The Kier molecular flexibility index (Phi) is 5.64. The highest BCUT2D eigenvalue weighted by Crippen LogP contribution is 2.52. The molecule has 3 atom stereocenters. The zero-order valence-corrected chi connectivity index (χ0v) is 18.9. The Morgan fingerprint density at radius 3 is 2.44 bits per heavy atom. The lowest BCUT2D eigenvalue weighted by Gasteiger charge is -2.46. The van der Waals surface area contributed by atoms with Gasteiger partial charge in [-0.2, -0.15) is 0 Å². The summed E-state index contributed by atoms with van der Waals surface area (Å²) in [6.07, 6.45) is 0.337. The maximum atomic E-state index is 13.5. The Morgan fingerprint density at radius 1 is 1.15 bits per heavy atom. The van der Waals surface area contributed by atoms with Gasteiger partial charge in [-0.25, -0.2) is 0 Å². The lowest BCUT2D eigenvalue weighted by Crippen LogP contribution is -2.58. The number of ketones is 3. The van der Waals surface area contributed by atoms with E-state index < -0.39 is 52.0 Å². The molecule has 6 N–H and O–H groups in total. The Labute approximate surface area is 195 Å². The number of aliphatic hydroxyl groups excluding tert-OH is 2. The van der Waals surface area contributed by atoms with E-state index in [0.717, 1.165) is 0 Å². The molecule has 3 aliphatic rings. The van der Waals surface area contributed by atoms with E-state index in [9.17, 15) is 39.6 Å². The Morgan fingerprint density at radius 2 is 1.82 bits per heavy atom. The predicted octanol–water partition coefficient (Wildman–Crippen LogP) is 1.58. The van der Waals surface area contributed by atoms with Crippen molar-refractivity contribution in [3.8, 4) is 5.75 Å². The molecule has 0 saturated heterocycles. The SMILES string of the molecule is CC(C)CC(=O)Cc1ccc(O)c2c1C[C@H]1C[C@H]3CC(=O)C(C(N)=O)=C(O)[C@@]3(O)C(=O)C1=C2O. The number of phenolic OH excluding ortho intramolecular Hbond substituents is 1. The second kappa shape index (κ2) is 8.09. The number of amides is 1. The largest absolute Gasteiger partial charge is 0.508 e. The molecular formula is C25H27NO8. The highest BCUT2D eigenvalue weighted by atomic mass is 16.3. The molecule has 180 valence electrons. The number of aromatic hydroxyl groups is 1. The molecule has 0 aliphatic heterocycles. The van der Waals surface area contributed by atoms with Gasteiger partial charge in [0, 0.05) is 30.8 Å². The number of phenols is 1. The van der Waals surface area contributed by atoms with E-state index in [1.165, 1.54) is 6.07 Å². The quantitative estimate of drug-likeness (QED) is 0.404. The van der Waals surface area contributed by atoms with Gasteiger partial charge in [-0.05, 0) is 41.9 Å². The summed E-state index contributed by atoms with van der Waals surface area (Å²) in [5.41, 5.74) is 2.72. The first kappa shape index (κ1) is 23.7. The molecule has 0 radical (unpaired) electrons. The van der Waals surface area contributed by atoms with Gasteiger partial charge in [-0.1, -0.05) is 19.9 Å². The van der Waals surface area contributed by atoms with Gasteiger partial charge in [0.2, 0.25) is 5.78 Å². The lowest BCUT2D eigenvalue weighted by molar-refractivity contribution is -0.147. The van der Waals surface area contributed by atoms with E-state index >= 15 is 0 Å². The van der Waals surface area contributed by atoms with Gasteiger partial charge < -0.3 is 26.2 Å². The first-order chi connectivity index (χ1) is 15.9. The van der Waals surface area contributed by atoms with Gasteiger partial charge in [0.05, 0.1) is 5.56 Å². The summed E-state index contributed by atoms with van der Waals surface area (Å²) < 4.78 is 0. The number of Topliss-reactive ketones (excluding diaryl/α,β-unsaturated/α-hetero) is 3. The molecule has 1 fully saturated rings. The Balaban J connectivity index is 1.84. The number of hydrogen-bond acceptors (Lipinski definition) is 8. The molecule has 9 nitrogen and oxygen atoms in total. The molecule has 1 aromatic carbocycles. The normalized spacial score (nSPS) is 26.4. The van der Waals surface area contributed by atoms with Crippen LogP contribution in [-0.4, -0.2) is 49.3 Å². The van der Waals surface area contributed by atoms with Gasteiger partial charge in [0.1, 0.15) is 28.6 Å². The second-order valence-corrected chi connectivity index (χ2v) is 9.82. The van der Waals surface area contributed by atoms with Crippen molar-refractivity contribution < 1.29 is 39.6 Å². The van der Waals surface area contributed by atoms with E-state index in [-0.39, 0.29) is 54.3 Å². The molecule has 0 bridgehead atoms. The number of carbonyl (C=O) groups excluding carboxylic acids is 4. The summed E-state index contributed by atoms with van der Waals surface area (Å²) in [6.45, 7) is 3.86. The number of primary amides is 1. The van der Waals surface area contributed by atoms with Crippen molar-refractivity contribution >= 4 is 29.0 Å². The van der Waals surface area contributed by atoms with Crippen LogP contribution >= 0.6 is 0 Å². The average molecular weight is 469 g/mol. The summed E-state index contributed by atoms with van der Waals surface area (Å²) in [7, 11) is 0. The molecule has 9 heteroatoms. The first-order valence-electron chi connectivity index (χ1n) is 11.2. The van der Waals surface area contributed by atoms with Crippen molar-refractivity contribution in [2.24, 2.45) is 23.5 Å². The van der Waals surface area contributed by atoms with Crippen LogP contribution in [0.3, 0.4) is 0 Å². The topological polar surface area (TPSA) is 175 Å². The van der Waals surface area contributed by atoms with Crippen molar-refractivity contribution in [2.75, 3.05) is 0 Å². The fourth-order valence-corrected chi connectivity index (χ4v) is 5.59. The zero-order chi connectivity index (χ0) is 25.1. The number of hydrogen-bond donors (Lipinski definition) is 5. The highest BCUT2D eigenvalue weighted by molar-refractivity contribution is 6.22. The average Bonchev–Trinajstić information content (AvgIpc) is 2.71. The minimum atomic E-state index is -2.59. The third-order valence-electron chi connectivity index (χ3n) is 7.07. The van der Waals surface area contributed by atoms with Crippen molar-refractivity contribution in [1.29, 1.82) is 0 Å². The van der Waals surface area contributed by atoms with Crippen LogP contribution < -0.4 is 5.73 Å². The van der Waals surface area contributed by atoms with Gasteiger partial charge >= 0.3 is 0 Å². The van der Waals surface area contributed by atoms with Crippen LogP contribution in [0.1, 0.15) is 49.8 Å². The van der Waals surface area contributed by atoms with Crippen molar-refractivity contribution in [2.45, 2.75) is 51.6 Å². The lowest BCUT2D eigenvalue weighted by atomic mass is 9.59. The molecule has 1 aromatic rings. The highest BCUT2D eigenvalue weighted by Gasteiger charge is 2.60. The molecule has 0 spiro atoms. The summed E-state index contributed by atoms with van der Waals surface area (Å²) >= 11 is 0. The van der Waals surface area contributed by atoms with E-state index in [1.807, 2.05) is 13.8 Å². The fourth-order valence-electron chi connectivity index (χ4n) is 5.59. The molecule has 1 saturated carbocycles. The standard InChI is InChI=1S/C25H27NO8/c1-10(2)5-14(27)7-11-3-4-16(28)19-15(11)8-12-6-13-9-17(29)20(24(26)33)23(32)25(13,34)22(31)18(12)21(19)30/h3-4,10,12-13,28,30,32,34H,5-9H2,1-2H3,(H2,26,33)/t12-,13+,25+/m1/s1. The minimum absolute atomic E-state index is 0.00169. The van der Waals surface area contributed by atoms with Crippen LogP contribution in [0.4, 0.5) is 0 Å². The van der Waals surface area contributed by atoms with Crippen LogP contribution in [0.2, 0.25) is 0 Å². The van der Waals surface area contributed by atoms with Crippen molar-refractivity contribution in [3.63, 3.8) is 0 Å². The molecule has 34 heavy (non-hydrogen) atoms. The van der Waals surface area contributed by atoms with E-state index in [0.29, 0.717) is 17.5 Å². The molecule has 0 unspecified atom stereocenters. The molecule has 4 rings (SSSR count). The Hall–Kier alpha value is -3.46. The van der Waals surface area contributed by atoms with Gasteiger partial charge in [-0.3, -0.25) is 19.2 Å². The fraction of sp³-hybridized carbons (Fsp3) is 0.440. The van der Waals surface area contributed by atoms with E-state index in [1.54, 1.807) is 6.07 Å². The smallest absolute Gasteiger partial charge is 0.255 e. The minimum Gasteiger partial charge on any atom is -0.508 e. The summed E-state index contributed by atoms with van der Waals surface area (Å²) in [4.78, 5) is 50.0. The van der Waals surface area contributed by atoms with Crippen LogP contribution in [0.15, 0.2) is 29.0 Å². The van der Waals surface area contributed by atoms with Gasteiger partial charge in [0.25, 0.3) is 5.91 Å². The molecule has 1 amide bonds. The summed E-state index contributed by atoms with van der Waals surface area (Å²) in [6, 6.07) is 2.95. The number of fused-ring (bicyclic) bond motifs is 3. The van der Waals surface area contributed by atoms with Gasteiger partial charge in [0.15, 0.2) is 11.4 Å². The zero-order valence-electron chi connectivity index (χ0n) is 18.9. The summed E-state index contributed by atoms with van der Waals surface area (Å²) in [5.74, 6) is -6.50. The third kappa shape index (κ3) is 3.42. The van der Waals surface area contributed by atoms with Crippen LogP contribution in [0.25, 0.3) is 5.76 Å². The molecular weight excluding hydrogens is 442 g/mol. The van der Waals surface area contributed by atoms with E-state index in [4.69, 9.17) is 5.73 Å². The second-order valence-electron chi connectivity index (χ2n) is 9.82. The predicted molar refractivity (Wildman–Crippen MR) is 120 cm³/mol. The van der Waals surface area contributed by atoms with E-state index in [2.05, 4.69) is 0 Å². The monoisotopic (exact) mass is 469 g/mol. The maximum Gasteiger partial charge on any atom is 0.255 e. The first-order valence-corrected chi connectivity index (χ1v) is 11.2. The van der Waals surface area contributed by atoms with Crippen LogP contribution in [-0.2, 0) is 32.0 Å². The number of benzene rings is 1. The number of nitrogens with two attached hydrogens (primary N) is 1. The molecule has 0 aromatic heterocycles. The van der Waals surface area contributed by atoms with Crippen LogP contribution in [0, 0.1) is 17.8 Å². The maximum absolute atomic E-state index is 13.5.